The molecule has 32 heavy (non-hydrogen) atoms. The molecule has 5 rings (SSSR count). The molecule has 0 spiro atoms. The third kappa shape index (κ3) is 3.26. The van der Waals surface area contributed by atoms with Crippen molar-refractivity contribution >= 4 is 6.08 Å². The predicted molar refractivity (Wildman–Crippen MR) is 123 cm³/mol. The lowest BCUT2D eigenvalue weighted by Crippen LogP contribution is -2.49. The number of hydrogen-bond donors (Lipinski definition) is 2. The molecule has 2 N–H and O–H groups in total. The lowest BCUT2D eigenvalue weighted by molar-refractivity contribution is 0.319. The monoisotopic (exact) mass is 426 g/mol. The van der Waals surface area contributed by atoms with Crippen LogP contribution < -0.4 is 21.2 Å². The number of rotatable bonds is 4. The van der Waals surface area contributed by atoms with Gasteiger partial charge in [0.05, 0.1) is 35.7 Å². The van der Waals surface area contributed by atoms with Gasteiger partial charge in [-0.1, -0.05) is 36.4 Å². The van der Waals surface area contributed by atoms with Crippen LogP contribution >= 0.6 is 0 Å². The van der Waals surface area contributed by atoms with Crippen molar-refractivity contribution in [3.63, 3.8) is 0 Å². The van der Waals surface area contributed by atoms with Gasteiger partial charge < -0.3 is 14.3 Å². The van der Waals surface area contributed by atoms with Crippen molar-refractivity contribution in [2.75, 3.05) is 13.7 Å². The Morgan fingerprint density at radius 3 is 2.72 bits per heavy atom. The van der Waals surface area contributed by atoms with Gasteiger partial charge in [-0.05, 0) is 49.6 Å². The van der Waals surface area contributed by atoms with Gasteiger partial charge in [0.25, 0.3) is 0 Å². The van der Waals surface area contributed by atoms with Gasteiger partial charge in [-0.2, -0.15) is 0 Å². The molecule has 4 aromatic rings. The molecule has 1 unspecified atom stereocenters. The maximum absolute atomic E-state index is 8.93. The fourth-order valence-corrected chi connectivity index (χ4v) is 4.44. The number of imidazole rings is 2. The molecule has 2 aromatic carbocycles. The van der Waals surface area contributed by atoms with E-state index in [1.807, 2.05) is 64.7 Å². The molecular weight excluding hydrogens is 400 g/mol. The summed E-state index contributed by atoms with van der Waals surface area (Å²) in [6, 6.07) is 16.4. The summed E-state index contributed by atoms with van der Waals surface area (Å²) in [5.41, 5.74) is 4.82. The van der Waals surface area contributed by atoms with E-state index in [-0.39, 0.29) is 5.54 Å². The number of nitrogens with one attached hydrogen (secondary N) is 2. The van der Waals surface area contributed by atoms with Crippen LogP contribution in [0.4, 0.5) is 0 Å². The molecule has 7 nitrogen and oxygen atoms in total. The quantitative estimate of drug-likeness (QED) is 0.525. The Labute approximate surface area is 185 Å². The Bertz CT molecular complexity index is 1460. The van der Waals surface area contributed by atoms with Gasteiger partial charge in [0, 0.05) is 12.7 Å². The average Bonchev–Trinajstić information content (AvgIpc) is 3.38. The number of aromatic nitrogens is 4. The topological polar surface area (TPSA) is 84.0 Å². The molecule has 3 heterocycles. The molecule has 2 aromatic heterocycles. The third-order valence-corrected chi connectivity index (χ3v) is 6.19. The molecule has 1 aliphatic heterocycles. The molecule has 0 radical (unpaired) electrons. The van der Waals surface area contributed by atoms with Crippen molar-refractivity contribution in [1.82, 2.24) is 19.1 Å². The number of hydrogen-bond acceptors (Lipinski definition) is 4. The summed E-state index contributed by atoms with van der Waals surface area (Å²) < 4.78 is 9.60. The predicted octanol–water partition coefficient (Wildman–Crippen LogP) is 2.41. The molecule has 1 aliphatic rings. The van der Waals surface area contributed by atoms with Gasteiger partial charge in [0.15, 0.2) is 5.49 Å². The Morgan fingerprint density at radius 1 is 1.19 bits per heavy atom. The van der Waals surface area contributed by atoms with E-state index in [0.717, 1.165) is 46.6 Å². The van der Waals surface area contributed by atoms with Gasteiger partial charge >= 0.3 is 0 Å². The highest BCUT2D eigenvalue weighted by atomic mass is 16.5. The summed E-state index contributed by atoms with van der Waals surface area (Å²) in [6.45, 7) is 4.86. The van der Waals surface area contributed by atoms with Crippen LogP contribution in [0.5, 0.6) is 5.75 Å². The number of ether oxygens (including phenoxy) is 1. The van der Waals surface area contributed by atoms with E-state index in [9.17, 15) is 0 Å². The second kappa shape index (κ2) is 7.67. The van der Waals surface area contributed by atoms with Crippen molar-refractivity contribution in [3.05, 3.63) is 94.3 Å². The van der Waals surface area contributed by atoms with E-state index in [1.54, 1.807) is 13.4 Å². The van der Waals surface area contributed by atoms with Gasteiger partial charge in [-0.25, -0.2) is 4.98 Å². The minimum absolute atomic E-state index is 0.321. The first-order chi connectivity index (χ1) is 15.5. The average molecular weight is 427 g/mol. The zero-order chi connectivity index (χ0) is 22.3. The molecule has 0 bridgehead atoms. The van der Waals surface area contributed by atoms with Crippen LogP contribution in [0.15, 0.2) is 66.0 Å². The van der Waals surface area contributed by atoms with Crippen LogP contribution in [0.25, 0.3) is 11.8 Å². The number of benzene rings is 2. The number of aromatic amines is 1. The maximum Gasteiger partial charge on any atom is 0.205 e. The second-order valence-electron chi connectivity index (χ2n) is 8.32. The van der Waals surface area contributed by atoms with Crippen LogP contribution in [0, 0.1) is 12.3 Å². The zero-order valence-electron chi connectivity index (χ0n) is 18.5. The summed E-state index contributed by atoms with van der Waals surface area (Å²) in [4.78, 5) is 12.3. The number of H-pyrrole nitrogens is 1. The molecule has 162 valence electrons. The first-order valence-electron chi connectivity index (χ1n) is 10.7. The van der Waals surface area contributed by atoms with E-state index < -0.39 is 0 Å². The SMILES string of the molecule is COc1cc(/C=c2\[nH]c3n(c2=N)C(C)(c2ccccc2)CCN=3)ccc1-n1cnc(C)c1. The van der Waals surface area contributed by atoms with Crippen molar-refractivity contribution in [2.24, 2.45) is 4.99 Å². The number of methoxy groups -OCH3 is 1. The summed E-state index contributed by atoms with van der Waals surface area (Å²) in [6.07, 6.45) is 6.57. The number of aryl methyl sites for hydroxylation is 1. The van der Waals surface area contributed by atoms with Gasteiger partial charge in [-0.15, -0.1) is 0 Å². The fourth-order valence-electron chi connectivity index (χ4n) is 4.44. The first-order valence-corrected chi connectivity index (χ1v) is 10.7. The summed E-state index contributed by atoms with van der Waals surface area (Å²) in [5.74, 6) is 0.741. The standard InChI is InChI=1S/C25H26N6O/c1-17-15-30(16-28-17)21-10-9-18(14-22(21)32-3)13-20-23(26)31-24(29-20)27-12-11-25(31,2)19-7-5-4-6-8-19/h4-10,13-16,26H,11-12H2,1-3H3,(H,27,29)/b20-13-,26-23?. The van der Waals surface area contributed by atoms with Gasteiger partial charge in [-0.3, -0.25) is 15.0 Å². The normalized spacial score (nSPS) is 18.3. The van der Waals surface area contributed by atoms with Gasteiger partial charge in [0.1, 0.15) is 5.75 Å². The lowest BCUT2D eigenvalue weighted by atomic mass is 9.87. The number of fused-ring (bicyclic) bond motifs is 1. The summed E-state index contributed by atoms with van der Waals surface area (Å²) in [5, 5.41) is 9.66. The molecule has 0 fully saturated rings. The highest BCUT2D eigenvalue weighted by molar-refractivity contribution is 5.57. The van der Waals surface area contributed by atoms with E-state index in [4.69, 9.17) is 10.1 Å². The third-order valence-electron chi connectivity index (χ3n) is 6.19. The Hall–Kier alpha value is -3.87. The van der Waals surface area contributed by atoms with E-state index in [1.165, 1.54) is 5.56 Å². The summed E-state index contributed by atoms with van der Waals surface area (Å²) in [7, 11) is 1.66. The van der Waals surface area contributed by atoms with Crippen molar-refractivity contribution < 1.29 is 4.74 Å². The lowest BCUT2D eigenvalue weighted by Gasteiger charge is -2.33. The minimum Gasteiger partial charge on any atom is -0.495 e. The van der Waals surface area contributed by atoms with Crippen LogP contribution in [0.1, 0.15) is 30.2 Å². The molecule has 0 aliphatic carbocycles. The molecule has 0 amide bonds. The smallest absolute Gasteiger partial charge is 0.205 e. The molecular formula is C25H26N6O. The molecule has 0 saturated carbocycles. The van der Waals surface area contributed by atoms with Gasteiger partial charge in [0.2, 0.25) is 5.62 Å². The van der Waals surface area contributed by atoms with E-state index >= 15 is 0 Å². The van der Waals surface area contributed by atoms with Crippen molar-refractivity contribution in [2.45, 2.75) is 25.8 Å². The molecule has 0 saturated heterocycles. The Balaban J connectivity index is 1.62. The minimum atomic E-state index is -0.321. The maximum atomic E-state index is 8.93. The Kier molecular flexibility index (Phi) is 4.81. The fraction of sp³-hybridized carbons (Fsp3) is 0.240. The largest absolute Gasteiger partial charge is 0.495 e. The van der Waals surface area contributed by atoms with Crippen molar-refractivity contribution in [1.29, 1.82) is 5.41 Å². The number of nitrogens with zero attached hydrogens (tertiary/aromatic N) is 4. The summed E-state index contributed by atoms with van der Waals surface area (Å²) >= 11 is 0. The Morgan fingerprint density at radius 2 is 2.00 bits per heavy atom. The van der Waals surface area contributed by atoms with E-state index in [0.29, 0.717) is 5.49 Å². The zero-order valence-corrected chi connectivity index (χ0v) is 18.5. The van der Waals surface area contributed by atoms with Crippen LogP contribution in [0.3, 0.4) is 0 Å². The van der Waals surface area contributed by atoms with Crippen molar-refractivity contribution in [3.8, 4) is 11.4 Å². The van der Waals surface area contributed by atoms with Crippen LogP contribution in [0.2, 0.25) is 0 Å². The highest BCUT2D eigenvalue weighted by Crippen LogP contribution is 2.28. The molecule has 1 atom stereocenters. The van der Waals surface area contributed by atoms with Crippen LogP contribution in [-0.2, 0) is 5.54 Å². The highest BCUT2D eigenvalue weighted by Gasteiger charge is 2.32. The van der Waals surface area contributed by atoms with E-state index in [2.05, 4.69) is 34.0 Å². The second-order valence-corrected chi connectivity index (χ2v) is 8.32. The van der Waals surface area contributed by atoms with Crippen LogP contribution in [-0.4, -0.2) is 32.8 Å². The molecule has 7 heteroatoms. The first kappa shape index (κ1) is 20.1.